The molecule has 7 nitrogen and oxygen atoms in total. The Bertz CT molecular complexity index is 939. The van der Waals surface area contributed by atoms with Gasteiger partial charge in [0.2, 0.25) is 11.9 Å². The topological polar surface area (TPSA) is 61.8 Å². The first-order valence-electron chi connectivity index (χ1n) is 12.4. The number of carbonyl (C=O) groups is 1. The Hall–Kier alpha value is -2.51. The largest absolute Gasteiger partial charge is 0.373 e. The van der Waals surface area contributed by atoms with E-state index in [9.17, 15) is 4.79 Å². The molecular weight excluding hydrogens is 414 g/mol. The molecule has 0 saturated carbocycles. The van der Waals surface area contributed by atoms with Crippen molar-refractivity contribution in [2.24, 2.45) is 0 Å². The first kappa shape index (κ1) is 22.3. The van der Waals surface area contributed by atoms with E-state index in [4.69, 9.17) is 9.72 Å². The molecule has 0 N–H and O–H groups in total. The lowest BCUT2D eigenvalue weighted by Crippen LogP contribution is -2.45. The minimum absolute atomic E-state index is 0.0811. The van der Waals surface area contributed by atoms with E-state index < -0.39 is 0 Å². The number of anilines is 2. The molecule has 7 heteroatoms. The van der Waals surface area contributed by atoms with Crippen LogP contribution < -0.4 is 9.80 Å². The molecule has 1 amide bonds. The molecule has 3 saturated heterocycles. The summed E-state index contributed by atoms with van der Waals surface area (Å²) in [6.45, 7) is 7.22. The standard InChI is InChI=1S/C26H35N5O2/c1-21(32)31(23-8-4-2-5-9-23)24-18-26(33-20-24)11-16-29(17-12-26)19-22-10-13-27-25(28-22)30-14-6-3-7-15-30/h2,4-5,8-10,13,24H,3,6-7,11-12,14-20H2,1H3. The molecule has 3 fully saturated rings. The molecule has 33 heavy (non-hydrogen) atoms. The molecule has 176 valence electrons. The Morgan fingerprint density at radius 2 is 1.85 bits per heavy atom. The van der Waals surface area contributed by atoms with Crippen molar-refractivity contribution in [3.05, 3.63) is 48.3 Å². The summed E-state index contributed by atoms with van der Waals surface area (Å²) >= 11 is 0. The monoisotopic (exact) mass is 449 g/mol. The highest BCUT2D eigenvalue weighted by atomic mass is 16.5. The lowest BCUT2D eigenvalue weighted by Gasteiger charge is -2.39. The van der Waals surface area contributed by atoms with Crippen LogP contribution in [-0.2, 0) is 16.1 Å². The number of nitrogens with zero attached hydrogens (tertiary/aromatic N) is 5. The van der Waals surface area contributed by atoms with E-state index in [1.165, 1.54) is 19.3 Å². The maximum Gasteiger partial charge on any atom is 0.225 e. The first-order valence-corrected chi connectivity index (χ1v) is 12.4. The summed E-state index contributed by atoms with van der Waals surface area (Å²) in [4.78, 5) is 28.5. The van der Waals surface area contributed by atoms with Crippen molar-refractivity contribution in [3.63, 3.8) is 0 Å². The number of likely N-dealkylation sites (tertiary alicyclic amines) is 1. The van der Waals surface area contributed by atoms with Crippen LogP contribution in [-0.4, -0.2) is 65.2 Å². The van der Waals surface area contributed by atoms with E-state index in [1.54, 1.807) is 6.92 Å². The van der Waals surface area contributed by atoms with E-state index in [2.05, 4.69) is 14.8 Å². The van der Waals surface area contributed by atoms with Crippen LogP contribution in [0.1, 0.15) is 51.1 Å². The van der Waals surface area contributed by atoms with Crippen LogP contribution in [0.15, 0.2) is 42.6 Å². The Labute approximate surface area is 196 Å². The average molecular weight is 450 g/mol. The molecule has 2 aromatic rings. The first-order chi connectivity index (χ1) is 16.1. The number of piperidine rings is 2. The number of benzene rings is 1. The van der Waals surface area contributed by atoms with Gasteiger partial charge in [0.05, 0.1) is 23.9 Å². The van der Waals surface area contributed by atoms with E-state index in [-0.39, 0.29) is 17.6 Å². The number of ether oxygens (including phenoxy) is 1. The van der Waals surface area contributed by atoms with Crippen molar-refractivity contribution in [2.75, 3.05) is 42.6 Å². The Balaban J connectivity index is 1.18. The lowest BCUT2D eigenvalue weighted by atomic mass is 9.87. The van der Waals surface area contributed by atoms with Gasteiger partial charge in [0, 0.05) is 51.5 Å². The van der Waals surface area contributed by atoms with E-state index in [0.717, 1.165) is 69.3 Å². The molecule has 1 aromatic carbocycles. The summed E-state index contributed by atoms with van der Waals surface area (Å²) < 4.78 is 6.39. The third-order valence-electron chi connectivity index (χ3n) is 7.42. The Kier molecular flexibility index (Phi) is 6.60. The molecular formula is C26H35N5O2. The zero-order valence-electron chi connectivity index (χ0n) is 19.7. The van der Waals surface area contributed by atoms with Crippen molar-refractivity contribution in [1.82, 2.24) is 14.9 Å². The summed E-state index contributed by atoms with van der Waals surface area (Å²) in [5, 5.41) is 0. The van der Waals surface area contributed by atoms with Gasteiger partial charge in [0.1, 0.15) is 0 Å². The molecule has 0 radical (unpaired) electrons. The second-order valence-corrected chi connectivity index (χ2v) is 9.75. The maximum absolute atomic E-state index is 12.4. The molecule has 1 aromatic heterocycles. The third-order valence-corrected chi connectivity index (χ3v) is 7.42. The SMILES string of the molecule is CC(=O)N(c1ccccc1)C1COC2(CCN(Cc3ccnc(N4CCCCC4)n3)CC2)C1. The fourth-order valence-electron chi connectivity index (χ4n) is 5.64. The Morgan fingerprint density at radius 3 is 2.58 bits per heavy atom. The molecule has 1 unspecified atom stereocenters. The van der Waals surface area contributed by atoms with Crippen molar-refractivity contribution in [2.45, 2.75) is 63.6 Å². The predicted molar refractivity (Wildman–Crippen MR) is 129 cm³/mol. The molecule has 3 aliphatic heterocycles. The second kappa shape index (κ2) is 9.77. The van der Waals surface area contributed by atoms with Crippen LogP contribution >= 0.6 is 0 Å². The molecule has 0 bridgehead atoms. The highest BCUT2D eigenvalue weighted by Crippen LogP contribution is 2.39. The van der Waals surface area contributed by atoms with Crippen LogP contribution in [0.2, 0.25) is 0 Å². The van der Waals surface area contributed by atoms with E-state index >= 15 is 0 Å². The smallest absolute Gasteiger partial charge is 0.225 e. The molecule has 3 aliphatic rings. The zero-order valence-corrected chi connectivity index (χ0v) is 19.7. The van der Waals surface area contributed by atoms with Crippen molar-refractivity contribution < 1.29 is 9.53 Å². The summed E-state index contributed by atoms with van der Waals surface area (Å²) in [6.07, 6.45) is 8.57. The quantitative estimate of drug-likeness (QED) is 0.695. The molecule has 4 heterocycles. The number of amides is 1. The number of carbonyl (C=O) groups excluding carboxylic acids is 1. The van der Waals surface area contributed by atoms with Gasteiger partial charge >= 0.3 is 0 Å². The number of hydrogen-bond acceptors (Lipinski definition) is 6. The van der Waals surface area contributed by atoms with Crippen LogP contribution in [0.4, 0.5) is 11.6 Å². The van der Waals surface area contributed by atoms with E-state index in [1.807, 2.05) is 47.5 Å². The number of rotatable bonds is 5. The van der Waals surface area contributed by atoms with Gasteiger partial charge in [-0.2, -0.15) is 0 Å². The third kappa shape index (κ3) is 5.04. The van der Waals surface area contributed by atoms with Crippen molar-refractivity contribution in [1.29, 1.82) is 0 Å². The van der Waals surface area contributed by atoms with Gasteiger partial charge < -0.3 is 14.5 Å². The summed E-state index contributed by atoms with van der Waals surface area (Å²) in [5.41, 5.74) is 1.94. The summed E-state index contributed by atoms with van der Waals surface area (Å²) in [5.74, 6) is 0.963. The van der Waals surface area contributed by atoms with Gasteiger partial charge in [0.15, 0.2) is 0 Å². The van der Waals surface area contributed by atoms with Crippen LogP contribution in [0.3, 0.4) is 0 Å². The minimum Gasteiger partial charge on any atom is -0.373 e. The van der Waals surface area contributed by atoms with Gasteiger partial charge in [-0.25, -0.2) is 9.97 Å². The highest BCUT2D eigenvalue weighted by Gasteiger charge is 2.45. The zero-order chi connectivity index (χ0) is 22.7. The molecule has 0 aliphatic carbocycles. The van der Waals surface area contributed by atoms with Crippen molar-refractivity contribution in [3.8, 4) is 0 Å². The fraction of sp³-hybridized carbons (Fsp3) is 0.577. The Morgan fingerprint density at radius 1 is 1.09 bits per heavy atom. The van der Waals surface area contributed by atoms with Gasteiger partial charge in [0.25, 0.3) is 0 Å². The number of hydrogen-bond donors (Lipinski definition) is 0. The van der Waals surface area contributed by atoms with Crippen LogP contribution in [0.25, 0.3) is 0 Å². The summed E-state index contributed by atoms with van der Waals surface area (Å²) in [7, 11) is 0. The number of para-hydroxylation sites is 1. The van der Waals surface area contributed by atoms with Gasteiger partial charge in [-0.1, -0.05) is 18.2 Å². The highest BCUT2D eigenvalue weighted by molar-refractivity contribution is 5.92. The summed E-state index contributed by atoms with van der Waals surface area (Å²) in [6, 6.07) is 12.1. The molecule has 5 rings (SSSR count). The maximum atomic E-state index is 12.4. The molecule has 1 atom stereocenters. The van der Waals surface area contributed by atoms with Crippen LogP contribution in [0.5, 0.6) is 0 Å². The molecule has 1 spiro atoms. The minimum atomic E-state index is -0.117. The van der Waals surface area contributed by atoms with Gasteiger partial charge in [-0.15, -0.1) is 0 Å². The predicted octanol–water partition coefficient (Wildman–Crippen LogP) is 3.64. The van der Waals surface area contributed by atoms with Gasteiger partial charge in [-0.3, -0.25) is 9.69 Å². The lowest BCUT2D eigenvalue weighted by molar-refractivity contribution is -0.117. The average Bonchev–Trinajstić information content (AvgIpc) is 3.25. The second-order valence-electron chi connectivity index (χ2n) is 9.75. The van der Waals surface area contributed by atoms with Gasteiger partial charge in [-0.05, 0) is 56.7 Å². The normalized spacial score (nSPS) is 23.1. The van der Waals surface area contributed by atoms with E-state index in [0.29, 0.717) is 6.61 Å². The van der Waals surface area contributed by atoms with Crippen molar-refractivity contribution >= 4 is 17.5 Å². The fourth-order valence-corrected chi connectivity index (χ4v) is 5.64. The number of aromatic nitrogens is 2. The van der Waals surface area contributed by atoms with Crippen LogP contribution in [0, 0.1) is 0 Å².